The lowest BCUT2D eigenvalue weighted by molar-refractivity contribution is -0.167. The number of carbonyl (C=O) groups is 3. The van der Waals surface area contributed by atoms with Crippen molar-refractivity contribution in [1.29, 1.82) is 0 Å². The van der Waals surface area contributed by atoms with Crippen LogP contribution < -0.4 is 0 Å². The van der Waals surface area contributed by atoms with E-state index in [9.17, 15) is 14.4 Å². The zero-order valence-electron chi connectivity index (χ0n) is 40.4. The van der Waals surface area contributed by atoms with E-state index in [0.29, 0.717) is 19.3 Å². The molecule has 0 fully saturated rings. The molecule has 0 aliphatic carbocycles. The third kappa shape index (κ3) is 48.3. The largest absolute Gasteiger partial charge is 0.462 e. The van der Waals surface area contributed by atoms with Crippen molar-refractivity contribution in [1.82, 2.24) is 0 Å². The Morgan fingerprint density at radius 3 is 1.02 bits per heavy atom. The smallest absolute Gasteiger partial charge is 0.306 e. The molecule has 0 bridgehead atoms. The normalized spacial score (nSPS) is 12.4. The summed E-state index contributed by atoms with van der Waals surface area (Å²) in [5.41, 5.74) is 0. The number of ether oxygens (including phenoxy) is 3. The summed E-state index contributed by atoms with van der Waals surface area (Å²) in [6.07, 6.45) is 59.6. The maximum Gasteiger partial charge on any atom is 0.306 e. The lowest BCUT2D eigenvalue weighted by Crippen LogP contribution is -2.30. The maximum absolute atomic E-state index is 12.7. The first-order chi connectivity index (χ1) is 30.0. The molecule has 1 atom stereocenters. The predicted octanol–water partition coefficient (Wildman–Crippen LogP) is 17.1. The van der Waals surface area contributed by atoms with E-state index < -0.39 is 6.10 Å². The van der Waals surface area contributed by atoms with Crippen molar-refractivity contribution >= 4 is 17.9 Å². The summed E-state index contributed by atoms with van der Waals surface area (Å²) < 4.78 is 16.7. The van der Waals surface area contributed by atoms with Crippen LogP contribution in [0, 0.1) is 0 Å². The average molecular weight is 855 g/mol. The van der Waals surface area contributed by atoms with Crippen LogP contribution in [0.5, 0.6) is 0 Å². The van der Waals surface area contributed by atoms with Crippen LogP contribution in [0.1, 0.15) is 265 Å². The fraction of sp³-hybridized carbons (Fsp3) is 0.800. The van der Waals surface area contributed by atoms with Gasteiger partial charge in [0.25, 0.3) is 0 Å². The Kier molecular flexibility index (Phi) is 47.9. The number of rotatable bonds is 47. The van der Waals surface area contributed by atoms with Gasteiger partial charge in [0, 0.05) is 19.3 Å². The highest BCUT2D eigenvalue weighted by atomic mass is 16.6. The van der Waals surface area contributed by atoms with Gasteiger partial charge in [-0.3, -0.25) is 14.4 Å². The number of hydrogen-bond acceptors (Lipinski definition) is 6. The third-order valence-electron chi connectivity index (χ3n) is 11.3. The molecule has 0 heterocycles. The summed E-state index contributed by atoms with van der Waals surface area (Å²) in [6.45, 7) is 6.53. The van der Waals surface area contributed by atoms with Gasteiger partial charge in [0.2, 0.25) is 0 Å². The van der Waals surface area contributed by atoms with Crippen molar-refractivity contribution in [3.8, 4) is 0 Å². The van der Waals surface area contributed by atoms with Gasteiger partial charge in [0.15, 0.2) is 6.10 Å². The summed E-state index contributed by atoms with van der Waals surface area (Å²) in [6, 6.07) is 0. The van der Waals surface area contributed by atoms with Crippen molar-refractivity contribution in [3.63, 3.8) is 0 Å². The standard InChI is InChI=1S/C55H98O6/c1-4-7-10-13-16-19-22-24-25-26-27-28-29-30-31-32-34-36-39-42-45-48-54(57)60-51-52(50-59-53(56)47-44-41-38-35-21-18-15-12-9-6-3)61-55(58)49-46-43-40-37-33-23-20-17-14-11-8-5-2/h12,15,17,20,22,24,26-27,52H,4-11,13-14,16,18-19,21,23,25,28-51H2,1-3H3/b15-12-,20-17-,24-22-,27-26-. The molecule has 0 aromatic carbocycles. The van der Waals surface area contributed by atoms with Crippen LogP contribution >= 0.6 is 0 Å². The number of esters is 3. The quantitative estimate of drug-likeness (QED) is 0.0263. The first-order valence-corrected chi connectivity index (χ1v) is 26.1. The van der Waals surface area contributed by atoms with Crippen LogP contribution in [0.3, 0.4) is 0 Å². The average Bonchev–Trinajstić information content (AvgIpc) is 3.26. The van der Waals surface area contributed by atoms with E-state index >= 15 is 0 Å². The third-order valence-corrected chi connectivity index (χ3v) is 11.3. The Balaban J connectivity index is 4.28. The Labute approximate surface area is 378 Å². The molecule has 0 aromatic heterocycles. The van der Waals surface area contributed by atoms with Crippen LogP contribution in [-0.4, -0.2) is 37.2 Å². The van der Waals surface area contributed by atoms with E-state index in [1.165, 1.54) is 135 Å². The van der Waals surface area contributed by atoms with E-state index in [2.05, 4.69) is 69.4 Å². The van der Waals surface area contributed by atoms with E-state index in [-0.39, 0.29) is 31.1 Å². The second-order valence-electron chi connectivity index (χ2n) is 17.4. The monoisotopic (exact) mass is 855 g/mol. The molecule has 6 nitrogen and oxygen atoms in total. The molecule has 6 heteroatoms. The van der Waals surface area contributed by atoms with E-state index in [1.807, 2.05) is 0 Å². The molecule has 0 spiro atoms. The lowest BCUT2D eigenvalue weighted by Gasteiger charge is -2.18. The molecule has 61 heavy (non-hydrogen) atoms. The topological polar surface area (TPSA) is 78.9 Å². The SMILES string of the molecule is CCC/C=C\CCCCCCCC(=O)OCC(COC(=O)CCCCCCCCCCC/C=C\C/C=C\CCCCCCC)OC(=O)CCCCCCC/C=C\CCCCC. The molecule has 0 rings (SSSR count). The number of hydrogen-bond donors (Lipinski definition) is 0. The van der Waals surface area contributed by atoms with Gasteiger partial charge in [-0.2, -0.15) is 0 Å². The van der Waals surface area contributed by atoms with Crippen LogP contribution in [0.2, 0.25) is 0 Å². The molecule has 0 amide bonds. The molecular formula is C55H98O6. The summed E-state index contributed by atoms with van der Waals surface area (Å²) in [5.74, 6) is -0.900. The predicted molar refractivity (Wildman–Crippen MR) is 261 cm³/mol. The summed E-state index contributed by atoms with van der Waals surface area (Å²) in [7, 11) is 0. The highest BCUT2D eigenvalue weighted by Gasteiger charge is 2.19. The lowest BCUT2D eigenvalue weighted by atomic mass is 10.1. The minimum absolute atomic E-state index is 0.0807. The van der Waals surface area contributed by atoms with E-state index in [4.69, 9.17) is 14.2 Å². The minimum atomic E-state index is -0.779. The molecule has 354 valence electrons. The number of carbonyl (C=O) groups excluding carboxylic acids is 3. The van der Waals surface area contributed by atoms with Gasteiger partial charge < -0.3 is 14.2 Å². The van der Waals surface area contributed by atoms with Crippen molar-refractivity contribution in [3.05, 3.63) is 48.6 Å². The summed E-state index contributed by atoms with van der Waals surface area (Å²) in [4.78, 5) is 37.9. The molecule has 0 saturated heterocycles. The van der Waals surface area contributed by atoms with Gasteiger partial charge >= 0.3 is 17.9 Å². The fourth-order valence-electron chi connectivity index (χ4n) is 7.29. The van der Waals surface area contributed by atoms with Gasteiger partial charge in [0.05, 0.1) is 0 Å². The van der Waals surface area contributed by atoms with Crippen LogP contribution in [-0.2, 0) is 28.6 Å². The Hall–Kier alpha value is -2.63. The highest BCUT2D eigenvalue weighted by molar-refractivity contribution is 5.71. The van der Waals surface area contributed by atoms with Crippen molar-refractivity contribution in [2.24, 2.45) is 0 Å². The molecule has 1 unspecified atom stereocenters. The minimum Gasteiger partial charge on any atom is -0.462 e. The van der Waals surface area contributed by atoms with Gasteiger partial charge in [-0.25, -0.2) is 0 Å². The van der Waals surface area contributed by atoms with Crippen LogP contribution in [0.25, 0.3) is 0 Å². The second kappa shape index (κ2) is 50.0. The van der Waals surface area contributed by atoms with Gasteiger partial charge in [-0.1, -0.05) is 198 Å². The Morgan fingerprint density at radius 2 is 0.623 bits per heavy atom. The number of unbranched alkanes of at least 4 members (excludes halogenated alkanes) is 28. The summed E-state index contributed by atoms with van der Waals surface area (Å²) in [5, 5.41) is 0. The number of allylic oxidation sites excluding steroid dienone is 8. The van der Waals surface area contributed by atoms with Crippen molar-refractivity contribution in [2.75, 3.05) is 13.2 Å². The molecule has 0 aliphatic heterocycles. The molecule has 0 N–H and O–H groups in total. The van der Waals surface area contributed by atoms with Crippen molar-refractivity contribution in [2.45, 2.75) is 271 Å². The molecule has 0 aliphatic rings. The first kappa shape index (κ1) is 58.4. The van der Waals surface area contributed by atoms with Crippen LogP contribution in [0.15, 0.2) is 48.6 Å². The van der Waals surface area contributed by atoms with Gasteiger partial charge in [-0.05, 0) is 96.3 Å². The fourth-order valence-corrected chi connectivity index (χ4v) is 7.29. The molecule has 0 saturated carbocycles. The summed E-state index contributed by atoms with van der Waals surface area (Å²) >= 11 is 0. The zero-order valence-corrected chi connectivity index (χ0v) is 40.4. The van der Waals surface area contributed by atoms with Crippen LogP contribution in [0.4, 0.5) is 0 Å². The van der Waals surface area contributed by atoms with Gasteiger partial charge in [-0.15, -0.1) is 0 Å². The van der Waals surface area contributed by atoms with E-state index in [0.717, 1.165) is 89.9 Å². The van der Waals surface area contributed by atoms with E-state index in [1.54, 1.807) is 0 Å². The Morgan fingerprint density at radius 1 is 0.328 bits per heavy atom. The first-order valence-electron chi connectivity index (χ1n) is 26.1. The van der Waals surface area contributed by atoms with Gasteiger partial charge in [0.1, 0.15) is 13.2 Å². The zero-order chi connectivity index (χ0) is 44.4. The Bertz CT molecular complexity index is 1070. The molecule has 0 aromatic rings. The molecule has 0 radical (unpaired) electrons. The molecular weight excluding hydrogens is 757 g/mol. The second-order valence-corrected chi connectivity index (χ2v) is 17.4. The maximum atomic E-state index is 12.7. The van der Waals surface area contributed by atoms with Crippen molar-refractivity contribution < 1.29 is 28.6 Å². The highest BCUT2D eigenvalue weighted by Crippen LogP contribution is 2.14.